The zero-order valence-electron chi connectivity index (χ0n) is 14.2. The second kappa shape index (κ2) is 7.85. The molecule has 0 spiro atoms. The molecule has 0 aliphatic carbocycles. The first-order valence-electron chi connectivity index (χ1n) is 8.21. The van der Waals surface area contributed by atoms with Crippen LogP contribution in [0.4, 0.5) is 0 Å². The average molecular weight is 353 g/mol. The molecular formula is C17H25ClN4O2. The Kier molecular flexibility index (Phi) is 6.07. The molecule has 0 unspecified atom stereocenters. The summed E-state index contributed by atoms with van der Waals surface area (Å²) in [6.45, 7) is 2.04. The van der Waals surface area contributed by atoms with Gasteiger partial charge in [0.05, 0.1) is 11.0 Å². The van der Waals surface area contributed by atoms with Gasteiger partial charge in [-0.3, -0.25) is 13.9 Å². The number of hydrogen-bond acceptors (Lipinski definition) is 3. The predicted octanol–water partition coefficient (Wildman–Crippen LogP) is 1.36. The molecule has 2 heterocycles. The van der Waals surface area contributed by atoms with Crippen LogP contribution in [0.15, 0.2) is 29.1 Å². The Labute approximate surface area is 147 Å². The zero-order chi connectivity index (χ0) is 16.4. The summed E-state index contributed by atoms with van der Waals surface area (Å²) in [5.74, 6) is 0.138. The normalized spacial score (nSPS) is 15.5. The van der Waals surface area contributed by atoms with Crippen LogP contribution in [0.2, 0.25) is 0 Å². The fourth-order valence-corrected chi connectivity index (χ4v) is 3.36. The van der Waals surface area contributed by atoms with E-state index in [1.807, 2.05) is 36.2 Å². The summed E-state index contributed by atoms with van der Waals surface area (Å²) >= 11 is 0. The zero-order valence-corrected chi connectivity index (χ0v) is 15.0. The smallest absolute Gasteiger partial charge is 0.328 e. The highest BCUT2D eigenvalue weighted by atomic mass is 35.5. The van der Waals surface area contributed by atoms with E-state index in [4.69, 9.17) is 0 Å². The molecule has 6 nitrogen and oxygen atoms in total. The van der Waals surface area contributed by atoms with E-state index >= 15 is 0 Å². The molecule has 7 heteroatoms. The van der Waals surface area contributed by atoms with E-state index in [1.54, 1.807) is 16.2 Å². The van der Waals surface area contributed by atoms with Gasteiger partial charge in [0, 0.05) is 39.1 Å². The van der Waals surface area contributed by atoms with Crippen molar-refractivity contribution >= 4 is 29.3 Å². The van der Waals surface area contributed by atoms with Gasteiger partial charge in [-0.1, -0.05) is 12.1 Å². The molecule has 1 amide bonds. The minimum atomic E-state index is -0.0621. The van der Waals surface area contributed by atoms with Gasteiger partial charge in [-0.15, -0.1) is 12.4 Å². The highest BCUT2D eigenvalue weighted by molar-refractivity contribution is 5.85. The van der Waals surface area contributed by atoms with E-state index in [1.165, 1.54) is 0 Å². The fraction of sp³-hybridized carbons (Fsp3) is 0.529. The van der Waals surface area contributed by atoms with Gasteiger partial charge in [0.15, 0.2) is 0 Å². The van der Waals surface area contributed by atoms with Gasteiger partial charge < -0.3 is 10.2 Å². The maximum atomic E-state index is 12.4. The minimum Gasteiger partial charge on any atom is -0.343 e. The van der Waals surface area contributed by atoms with E-state index in [0.717, 1.165) is 37.0 Å². The summed E-state index contributed by atoms with van der Waals surface area (Å²) in [4.78, 5) is 26.7. The summed E-state index contributed by atoms with van der Waals surface area (Å²) in [6, 6.07) is 8.21. The largest absolute Gasteiger partial charge is 0.343 e. The van der Waals surface area contributed by atoms with Crippen molar-refractivity contribution < 1.29 is 4.79 Å². The lowest BCUT2D eigenvalue weighted by molar-refractivity contribution is -0.132. The molecule has 24 heavy (non-hydrogen) atoms. The molecule has 1 aromatic carbocycles. The van der Waals surface area contributed by atoms with Crippen LogP contribution >= 0.6 is 12.4 Å². The van der Waals surface area contributed by atoms with E-state index in [2.05, 4.69) is 5.32 Å². The van der Waals surface area contributed by atoms with Gasteiger partial charge in [-0.05, 0) is 32.0 Å². The molecule has 1 fully saturated rings. The van der Waals surface area contributed by atoms with Crippen molar-refractivity contribution in [2.24, 2.45) is 7.05 Å². The summed E-state index contributed by atoms with van der Waals surface area (Å²) in [5.41, 5.74) is 1.73. The van der Waals surface area contributed by atoms with Gasteiger partial charge in [0.1, 0.15) is 0 Å². The molecule has 0 atom stereocenters. The summed E-state index contributed by atoms with van der Waals surface area (Å²) < 4.78 is 3.34. The maximum absolute atomic E-state index is 12.4. The second-order valence-corrected chi connectivity index (χ2v) is 6.18. The molecule has 0 saturated carbocycles. The number of benzene rings is 1. The van der Waals surface area contributed by atoms with Crippen molar-refractivity contribution in [1.82, 2.24) is 19.4 Å². The van der Waals surface area contributed by atoms with E-state index in [9.17, 15) is 9.59 Å². The van der Waals surface area contributed by atoms with Crippen LogP contribution in [0.25, 0.3) is 11.0 Å². The Balaban J connectivity index is 0.00000208. The number of imidazole rings is 1. The van der Waals surface area contributed by atoms with Crippen LogP contribution in [0.3, 0.4) is 0 Å². The SMILES string of the molecule is CNC1CCN(C(=O)CCn2c(=O)n(C)c3ccccc32)CC1.Cl. The molecule has 1 saturated heterocycles. The number of rotatable bonds is 4. The maximum Gasteiger partial charge on any atom is 0.328 e. The quantitative estimate of drug-likeness (QED) is 0.904. The highest BCUT2D eigenvalue weighted by Crippen LogP contribution is 2.14. The Hall–Kier alpha value is -1.79. The number of carbonyl (C=O) groups is 1. The number of aryl methyl sites for hydroxylation is 2. The number of amides is 1. The van der Waals surface area contributed by atoms with E-state index in [0.29, 0.717) is 19.0 Å². The van der Waals surface area contributed by atoms with Crippen molar-refractivity contribution in [3.05, 3.63) is 34.7 Å². The highest BCUT2D eigenvalue weighted by Gasteiger charge is 2.22. The van der Waals surface area contributed by atoms with Crippen molar-refractivity contribution in [2.75, 3.05) is 20.1 Å². The Morgan fingerprint density at radius 2 is 1.83 bits per heavy atom. The second-order valence-electron chi connectivity index (χ2n) is 6.18. The number of piperidine rings is 1. The molecule has 132 valence electrons. The first-order valence-corrected chi connectivity index (χ1v) is 8.21. The first kappa shape index (κ1) is 18.5. The van der Waals surface area contributed by atoms with Crippen LogP contribution in [-0.2, 0) is 18.4 Å². The fourth-order valence-electron chi connectivity index (χ4n) is 3.36. The number of likely N-dealkylation sites (tertiary alicyclic amines) is 1. The summed E-state index contributed by atoms with van der Waals surface area (Å²) in [7, 11) is 3.74. The Morgan fingerprint density at radius 1 is 1.21 bits per heavy atom. The van der Waals surface area contributed by atoms with E-state index in [-0.39, 0.29) is 24.0 Å². The lowest BCUT2D eigenvalue weighted by Crippen LogP contribution is -2.44. The average Bonchev–Trinajstić information content (AvgIpc) is 2.84. The van der Waals surface area contributed by atoms with Gasteiger partial charge in [0.25, 0.3) is 0 Å². The number of nitrogens with one attached hydrogen (secondary N) is 1. The molecule has 1 aliphatic heterocycles. The molecule has 0 bridgehead atoms. The van der Waals surface area contributed by atoms with Crippen molar-refractivity contribution in [3.8, 4) is 0 Å². The molecule has 0 radical (unpaired) electrons. The molecule has 1 aliphatic rings. The van der Waals surface area contributed by atoms with E-state index < -0.39 is 0 Å². The number of hydrogen-bond donors (Lipinski definition) is 1. The monoisotopic (exact) mass is 352 g/mol. The number of aromatic nitrogens is 2. The van der Waals surface area contributed by atoms with Gasteiger partial charge in [-0.25, -0.2) is 4.79 Å². The predicted molar refractivity (Wildman–Crippen MR) is 97.7 cm³/mol. The summed E-state index contributed by atoms with van der Waals surface area (Å²) in [6.07, 6.45) is 2.37. The number of fused-ring (bicyclic) bond motifs is 1. The lowest BCUT2D eigenvalue weighted by Gasteiger charge is -2.31. The number of halogens is 1. The standard InChI is InChI=1S/C17H24N4O2.ClH/c1-18-13-7-10-20(11-8-13)16(22)9-12-21-15-6-4-3-5-14(15)19(2)17(21)23;/h3-6,13,18H,7-12H2,1-2H3;1H. The number of para-hydroxylation sites is 2. The molecule has 1 aromatic heterocycles. The van der Waals surface area contributed by atoms with Gasteiger partial charge >= 0.3 is 5.69 Å². The van der Waals surface area contributed by atoms with Crippen molar-refractivity contribution in [2.45, 2.75) is 31.8 Å². The van der Waals surface area contributed by atoms with Crippen molar-refractivity contribution in [3.63, 3.8) is 0 Å². The van der Waals surface area contributed by atoms with Crippen LogP contribution < -0.4 is 11.0 Å². The third kappa shape index (κ3) is 3.49. The summed E-state index contributed by atoms with van der Waals surface area (Å²) in [5, 5.41) is 3.27. The third-order valence-electron chi connectivity index (χ3n) is 4.86. The molecule has 1 N–H and O–H groups in total. The molecular weight excluding hydrogens is 328 g/mol. The van der Waals surface area contributed by atoms with Crippen molar-refractivity contribution in [1.29, 1.82) is 0 Å². The van der Waals surface area contributed by atoms with Crippen LogP contribution in [0, 0.1) is 0 Å². The van der Waals surface area contributed by atoms with Crippen LogP contribution in [0.1, 0.15) is 19.3 Å². The third-order valence-corrected chi connectivity index (χ3v) is 4.86. The number of nitrogens with zero attached hydrogens (tertiary/aromatic N) is 3. The first-order chi connectivity index (χ1) is 11.1. The molecule has 2 aromatic rings. The Bertz CT molecular complexity index is 760. The Morgan fingerprint density at radius 3 is 2.46 bits per heavy atom. The minimum absolute atomic E-state index is 0. The molecule has 3 rings (SSSR count). The van der Waals surface area contributed by atoms with Crippen LogP contribution in [-0.4, -0.2) is 46.1 Å². The lowest BCUT2D eigenvalue weighted by atomic mass is 10.1. The van der Waals surface area contributed by atoms with Crippen LogP contribution in [0.5, 0.6) is 0 Å². The number of carbonyl (C=O) groups excluding carboxylic acids is 1. The topological polar surface area (TPSA) is 59.3 Å². The van der Waals surface area contributed by atoms with Gasteiger partial charge in [-0.2, -0.15) is 0 Å². The van der Waals surface area contributed by atoms with Gasteiger partial charge in [0.2, 0.25) is 5.91 Å².